The van der Waals surface area contributed by atoms with Gasteiger partial charge in [0.05, 0.1) is 6.07 Å². The second-order valence-corrected chi connectivity index (χ2v) is 8.66. The Hall–Kier alpha value is -2.88. The quantitative estimate of drug-likeness (QED) is 0.846. The van der Waals surface area contributed by atoms with Crippen LogP contribution in [-0.4, -0.2) is 26.5 Å². The zero-order valence-corrected chi connectivity index (χ0v) is 16.9. The van der Waals surface area contributed by atoms with Crippen molar-refractivity contribution >= 4 is 11.8 Å². The van der Waals surface area contributed by atoms with Gasteiger partial charge >= 0.3 is 6.09 Å². The van der Waals surface area contributed by atoms with E-state index in [0.29, 0.717) is 18.0 Å². The molecule has 2 aromatic rings. The maximum absolute atomic E-state index is 12.1. The average molecular weight is 381 g/mol. The minimum Gasteiger partial charge on any atom is -0.444 e. The van der Waals surface area contributed by atoms with Gasteiger partial charge in [0.25, 0.3) is 0 Å². The van der Waals surface area contributed by atoms with Gasteiger partial charge in [-0.3, -0.25) is 5.32 Å². The molecule has 1 fully saturated rings. The lowest BCUT2D eigenvalue weighted by Gasteiger charge is -2.47. The van der Waals surface area contributed by atoms with E-state index in [-0.39, 0.29) is 5.41 Å². The van der Waals surface area contributed by atoms with Gasteiger partial charge in [-0.2, -0.15) is 5.26 Å². The van der Waals surface area contributed by atoms with Crippen LogP contribution in [0.2, 0.25) is 0 Å². The Kier molecular flexibility index (Phi) is 5.41. The Morgan fingerprint density at radius 3 is 2.79 bits per heavy atom. The number of carbonyl (C=O) groups is 1. The van der Waals surface area contributed by atoms with Crippen LogP contribution in [0.15, 0.2) is 30.6 Å². The first-order valence-corrected chi connectivity index (χ1v) is 9.51. The van der Waals surface area contributed by atoms with E-state index in [1.54, 1.807) is 6.33 Å². The zero-order valence-electron chi connectivity index (χ0n) is 16.9. The van der Waals surface area contributed by atoms with Crippen LogP contribution in [0, 0.1) is 17.2 Å². The summed E-state index contributed by atoms with van der Waals surface area (Å²) in [4.78, 5) is 12.1. The summed E-state index contributed by atoms with van der Waals surface area (Å²) in [6.45, 7) is 5.51. The molecule has 1 aliphatic carbocycles. The molecule has 28 heavy (non-hydrogen) atoms. The second kappa shape index (κ2) is 7.63. The highest BCUT2D eigenvalue weighted by Gasteiger charge is 2.46. The summed E-state index contributed by atoms with van der Waals surface area (Å²) in [7, 11) is 1.94. The summed E-state index contributed by atoms with van der Waals surface area (Å²) in [6, 6.07) is 10.2. The largest absolute Gasteiger partial charge is 0.444 e. The fraction of sp³-hybridized carbons (Fsp3) is 0.524. The van der Waals surface area contributed by atoms with Crippen molar-refractivity contribution in [2.24, 2.45) is 13.0 Å². The zero-order chi connectivity index (χ0) is 20.4. The molecule has 1 N–H and O–H groups in total. The molecule has 0 atom stereocenters. The Morgan fingerprint density at radius 1 is 1.43 bits per heavy atom. The van der Waals surface area contributed by atoms with Crippen molar-refractivity contribution in [2.45, 2.75) is 57.5 Å². The molecule has 148 valence electrons. The monoisotopic (exact) mass is 381 g/mol. The molecule has 7 nitrogen and oxygen atoms in total. The van der Waals surface area contributed by atoms with Crippen LogP contribution in [-0.2, 0) is 23.6 Å². The first-order valence-electron chi connectivity index (χ1n) is 9.51. The summed E-state index contributed by atoms with van der Waals surface area (Å²) >= 11 is 0. The van der Waals surface area contributed by atoms with Crippen molar-refractivity contribution in [3.63, 3.8) is 0 Å². The minimum absolute atomic E-state index is 0.103. The van der Waals surface area contributed by atoms with E-state index in [1.807, 2.05) is 50.6 Å². The molecule has 0 saturated heterocycles. The Bertz CT molecular complexity index is 885. The summed E-state index contributed by atoms with van der Waals surface area (Å²) in [5, 5.41) is 20.1. The minimum atomic E-state index is -0.549. The molecular formula is C21H27N5O2. The van der Waals surface area contributed by atoms with Crippen molar-refractivity contribution in [3.8, 4) is 6.07 Å². The van der Waals surface area contributed by atoms with Crippen LogP contribution in [0.5, 0.6) is 0 Å². The highest BCUT2D eigenvalue weighted by Crippen LogP contribution is 2.51. The van der Waals surface area contributed by atoms with E-state index in [1.165, 1.54) is 0 Å². The fourth-order valence-corrected chi connectivity index (χ4v) is 3.92. The smallest absolute Gasteiger partial charge is 0.412 e. The van der Waals surface area contributed by atoms with E-state index >= 15 is 0 Å². The molecule has 1 saturated carbocycles. The molecular weight excluding hydrogens is 354 g/mol. The van der Waals surface area contributed by atoms with E-state index in [9.17, 15) is 4.79 Å². The molecule has 1 aliphatic rings. The van der Waals surface area contributed by atoms with Crippen LogP contribution < -0.4 is 5.32 Å². The van der Waals surface area contributed by atoms with Crippen LogP contribution in [0.3, 0.4) is 0 Å². The predicted molar refractivity (Wildman–Crippen MR) is 106 cm³/mol. The number of benzene rings is 1. The Morgan fingerprint density at radius 2 is 2.18 bits per heavy atom. The molecule has 0 unspecified atom stereocenters. The average Bonchev–Trinajstić information content (AvgIpc) is 2.96. The highest BCUT2D eigenvalue weighted by atomic mass is 16.6. The van der Waals surface area contributed by atoms with E-state index in [2.05, 4.69) is 27.6 Å². The van der Waals surface area contributed by atoms with Gasteiger partial charge in [0.2, 0.25) is 0 Å². The van der Waals surface area contributed by atoms with Crippen LogP contribution in [0.4, 0.5) is 10.5 Å². The molecule has 0 aliphatic heterocycles. The third-order valence-electron chi connectivity index (χ3n) is 5.16. The molecule has 3 rings (SSSR count). The van der Waals surface area contributed by atoms with Crippen LogP contribution >= 0.6 is 0 Å². The van der Waals surface area contributed by atoms with Gasteiger partial charge in [-0.25, -0.2) is 4.79 Å². The van der Waals surface area contributed by atoms with E-state index in [0.717, 1.165) is 30.7 Å². The molecule has 7 heteroatoms. The second-order valence-electron chi connectivity index (χ2n) is 8.66. The number of amides is 1. The standard InChI is InChI=1S/C21H27N5O2/c1-20(2,3)28-19(27)24-17-7-5-6-16(10-17)21(11-15(12-21)8-9-22)13-18-25-23-14-26(18)4/h5-7,10,14-15H,8,11-13H2,1-4H3,(H,24,27)/t15-,21-. The topological polar surface area (TPSA) is 92.8 Å². The number of hydrogen-bond acceptors (Lipinski definition) is 5. The molecule has 1 aromatic carbocycles. The van der Waals surface area contributed by atoms with Crippen molar-refractivity contribution in [2.75, 3.05) is 5.32 Å². The van der Waals surface area contributed by atoms with Crippen LogP contribution in [0.25, 0.3) is 0 Å². The summed E-state index contributed by atoms with van der Waals surface area (Å²) in [5.74, 6) is 1.31. The SMILES string of the molecule is Cn1cnnc1C[C@]1(c2cccc(NC(=O)OC(C)(C)C)c2)C[C@H](CC#N)C1. The van der Waals surface area contributed by atoms with Crippen molar-refractivity contribution in [1.29, 1.82) is 5.26 Å². The fourth-order valence-electron chi connectivity index (χ4n) is 3.92. The Labute approximate surface area is 165 Å². The molecule has 1 amide bonds. The van der Waals surface area contributed by atoms with Gasteiger partial charge in [-0.1, -0.05) is 12.1 Å². The third-order valence-corrected chi connectivity index (χ3v) is 5.16. The number of anilines is 1. The van der Waals surface area contributed by atoms with Gasteiger partial charge < -0.3 is 9.30 Å². The highest BCUT2D eigenvalue weighted by molar-refractivity contribution is 5.85. The number of rotatable bonds is 5. The predicted octanol–water partition coefficient (Wildman–Crippen LogP) is 3.97. The van der Waals surface area contributed by atoms with Gasteiger partial charge in [0.15, 0.2) is 0 Å². The van der Waals surface area contributed by atoms with Crippen molar-refractivity contribution < 1.29 is 9.53 Å². The molecule has 1 aromatic heterocycles. The van der Waals surface area contributed by atoms with E-state index < -0.39 is 11.7 Å². The lowest BCUT2D eigenvalue weighted by atomic mass is 9.56. The number of aromatic nitrogens is 3. The summed E-state index contributed by atoms with van der Waals surface area (Å²) in [6.07, 6.45) is 4.39. The number of hydrogen-bond donors (Lipinski definition) is 1. The normalized spacial score (nSPS) is 21.5. The number of ether oxygens (including phenoxy) is 1. The number of aryl methyl sites for hydroxylation is 1. The number of nitrogens with one attached hydrogen (secondary N) is 1. The molecule has 0 radical (unpaired) electrons. The first-order chi connectivity index (χ1) is 13.2. The number of carbonyl (C=O) groups excluding carboxylic acids is 1. The maximum Gasteiger partial charge on any atom is 0.412 e. The summed E-state index contributed by atoms with van der Waals surface area (Å²) < 4.78 is 7.28. The number of nitrogens with zero attached hydrogens (tertiary/aromatic N) is 4. The Balaban J connectivity index is 1.82. The summed E-state index contributed by atoms with van der Waals surface area (Å²) in [5.41, 5.74) is 1.19. The number of nitriles is 1. The lowest BCUT2D eigenvalue weighted by Crippen LogP contribution is -2.43. The van der Waals surface area contributed by atoms with Gasteiger partial charge in [0.1, 0.15) is 17.8 Å². The first kappa shape index (κ1) is 19.9. The van der Waals surface area contributed by atoms with E-state index in [4.69, 9.17) is 10.00 Å². The molecule has 0 spiro atoms. The lowest BCUT2D eigenvalue weighted by molar-refractivity contribution is 0.0636. The van der Waals surface area contributed by atoms with Gasteiger partial charge in [-0.05, 0) is 57.2 Å². The molecule has 1 heterocycles. The van der Waals surface area contributed by atoms with Gasteiger partial charge in [0, 0.05) is 31.0 Å². The molecule has 0 bridgehead atoms. The van der Waals surface area contributed by atoms with Crippen molar-refractivity contribution in [1.82, 2.24) is 14.8 Å². The third kappa shape index (κ3) is 4.50. The van der Waals surface area contributed by atoms with Crippen molar-refractivity contribution in [3.05, 3.63) is 42.0 Å². The van der Waals surface area contributed by atoms with Gasteiger partial charge in [-0.15, -0.1) is 10.2 Å². The maximum atomic E-state index is 12.1. The van der Waals surface area contributed by atoms with Crippen LogP contribution in [0.1, 0.15) is 51.4 Å².